The van der Waals surface area contributed by atoms with Gasteiger partial charge in [-0.1, -0.05) is 0 Å². The van der Waals surface area contributed by atoms with Gasteiger partial charge in [-0.25, -0.2) is 13.4 Å². The van der Waals surface area contributed by atoms with Gasteiger partial charge in [0.2, 0.25) is 0 Å². The lowest BCUT2D eigenvalue weighted by atomic mass is 10.4. The Morgan fingerprint density at radius 1 is 1.20 bits per heavy atom. The molecule has 3 heterocycles. The summed E-state index contributed by atoms with van der Waals surface area (Å²) < 4.78 is 26.7. The Kier molecular flexibility index (Phi) is 3.67. The molecule has 1 aliphatic rings. The predicted molar refractivity (Wildman–Crippen MR) is 81.8 cm³/mol. The Balaban J connectivity index is 1.72. The second-order valence-electron chi connectivity index (χ2n) is 4.40. The van der Waals surface area contributed by atoms with Crippen LogP contribution in [0.3, 0.4) is 0 Å². The second-order valence-corrected chi connectivity index (χ2v) is 8.35. The summed E-state index contributed by atoms with van der Waals surface area (Å²) in [5.41, 5.74) is 6.10. The van der Waals surface area contributed by atoms with Crippen molar-refractivity contribution in [2.75, 3.05) is 36.8 Å². The number of anilines is 2. The molecule has 0 saturated carbocycles. The van der Waals surface area contributed by atoms with E-state index in [2.05, 4.69) is 9.88 Å². The molecule has 0 radical (unpaired) electrons. The highest BCUT2D eigenvalue weighted by Gasteiger charge is 2.30. The number of aromatic nitrogens is 1. The van der Waals surface area contributed by atoms with Crippen LogP contribution in [0.1, 0.15) is 0 Å². The van der Waals surface area contributed by atoms with E-state index in [4.69, 9.17) is 5.73 Å². The molecule has 9 heteroatoms. The molecule has 6 nitrogen and oxygen atoms in total. The van der Waals surface area contributed by atoms with Gasteiger partial charge in [-0.05, 0) is 6.07 Å². The molecular weight excluding hydrogens is 316 g/mol. The molecule has 20 heavy (non-hydrogen) atoms. The molecule has 1 fully saturated rings. The molecular formula is C11H14N4O2S3. The van der Waals surface area contributed by atoms with Crippen LogP contribution in [0.5, 0.6) is 0 Å². The molecule has 3 rings (SSSR count). The first-order valence-corrected chi connectivity index (χ1v) is 9.26. The van der Waals surface area contributed by atoms with Gasteiger partial charge in [0.25, 0.3) is 10.0 Å². The van der Waals surface area contributed by atoms with Crippen LogP contribution in [0.25, 0.3) is 0 Å². The fourth-order valence-corrected chi connectivity index (χ4v) is 5.44. The van der Waals surface area contributed by atoms with Crippen molar-refractivity contribution in [2.45, 2.75) is 4.21 Å². The number of hydrogen-bond donors (Lipinski definition) is 1. The maximum absolute atomic E-state index is 12.4. The molecule has 0 aliphatic carbocycles. The largest absolute Gasteiger partial charge is 0.398 e. The molecule has 2 aromatic heterocycles. The zero-order valence-electron chi connectivity index (χ0n) is 10.6. The van der Waals surface area contributed by atoms with E-state index in [-0.39, 0.29) is 0 Å². The number of nitrogens with two attached hydrogens (primary N) is 1. The number of rotatable bonds is 3. The summed E-state index contributed by atoms with van der Waals surface area (Å²) in [4.78, 5) is 6.36. The number of thiazole rings is 1. The third-order valence-corrected chi connectivity index (χ3v) is 7.28. The Labute approximate surface area is 125 Å². The number of nitrogen functional groups attached to an aromatic ring is 1. The predicted octanol–water partition coefficient (Wildman–Crippen LogP) is 1.30. The summed E-state index contributed by atoms with van der Waals surface area (Å²) in [6.07, 6.45) is 1.76. The first-order chi connectivity index (χ1) is 9.57. The number of sulfonamides is 1. The molecule has 0 aromatic carbocycles. The van der Waals surface area contributed by atoms with E-state index in [1.165, 1.54) is 21.7 Å². The SMILES string of the molecule is Nc1csc(S(=O)(=O)N2CCN(c3nccs3)CC2)c1. The van der Waals surface area contributed by atoms with Crippen molar-refractivity contribution in [1.29, 1.82) is 0 Å². The fourth-order valence-electron chi connectivity index (χ4n) is 2.08. The van der Waals surface area contributed by atoms with Crippen molar-refractivity contribution in [2.24, 2.45) is 0 Å². The molecule has 1 aliphatic heterocycles. The van der Waals surface area contributed by atoms with Gasteiger partial charge in [0.15, 0.2) is 5.13 Å². The van der Waals surface area contributed by atoms with Crippen molar-refractivity contribution >= 4 is 43.5 Å². The maximum Gasteiger partial charge on any atom is 0.252 e. The Morgan fingerprint density at radius 2 is 1.95 bits per heavy atom. The molecule has 0 spiro atoms. The van der Waals surface area contributed by atoms with Crippen LogP contribution < -0.4 is 10.6 Å². The summed E-state index contributed by atoms with van der Waals surface area (Å²) >= 11 is 2.74. The first-order valence-electron chi connectivity index (χ1n) is 6.06. The third-order valence-electron chi connectivity index (χ3n) is 3.12. The summed E-state index contributed by atoms with van der Waals surface area (Å²) in [6, 6.07) is 1.52. The van der Waals surface area contributed by atoms with E-state index in [1.54, 1.807) is 22.9 Å². The van der Waals surface area contributed by atoms with E-state index in [9.17, 15) is 8.42 Å². The van der Waals surface area contributed by atoms with Crippen LogP contribution in [0.4, 0.5) is 10.8 Å². The minimum Gasteiger partial charge on any atom is -0.398 e. The van der Waals surface area contributed by atoms with Crippen LogP contribution >= 0.6 is 22.7 Å². The maximum atomic E-state index is 12.4. The van der Waals surface area contributed by atoms with Gasteiger partial charge in [0.05, 0.1) is 0 Å². The lowest BCUT2D eigenvalue weighted by Crippen LogP contribution is -2.48. The van der Waals surface area contributed by atoms with Crippen LogP contribution in [-0.4, -0.2) is 43.9 Å². The third kappa shape index (κ3) is 2.53. The molecule has 0 amide bonds. The molecule has 0 unspecified atom stereocenters. The van der Waals surface area contributed by atoms with Gasteiger partial charge in [-0.3, -0.25) is 0 Å². The monoisotopic (exact) mass is 330 g/mol. The van der Waals surface area contributed by atoms with E-state index in [0.717, 1.165) is 5.13 Å². The highest BCUT2D eigenvalue weighted by molar-refractivity contribution is 7.91. The van der Waals surface area contributed by atoms with Gasteiger partial charge in [-0.15, -0.1) is 22.7 Å². The minimum absolute atomic E-state index is 0.317. The van der Waals surface area contributed by atoms with Crippen molar-refractivity contribution in [1.82, 2.24) is 9.29 Å². The summed E-state index contributed by atoms with van der Waals surface area (Å²) in [7, 11) is -3.41. The summed E-state index contributed by atoms with van der Waals surface area (Å²) in [5, 5.41) is 4.52. The normalized spacial score (nSPS) is 17.5. The van der Waals surface area contributed by atoms with Gasteiger partial charge in [0.1, 0.15) is 4.21 Å². The number of thiophene rings is 1. The topological polar surface area (TPSA) is 79.5 Å². The van der Waals surface area contributed by atoms with Crippen molar-refractivity contribution in [3.8, 4) is 0 Å². The van der Waals surface area contributed by atoms with Gasteiger partial charge in [0, 0.05) is 48.8 Å². The lowest BCUT2D eigenvalue weighted by Gasteiger charge is -2.33. The number of hydrogen-bond acceptors (Lipinski definition) is 7. The van der Waals surface area contributed by atoms with E-state index in [1.807, 2.05) is 5.38 Å². The number of piperazine rings is 1. The van der Waals surface area contributed by atoms with E-state index in [0.29, 0.717) is 36.1 Å². The van der Waals surface area contributed by atoms with Gasteiger partial charge >= 0.3 is 0 Å². The van der Waals surface area contributed by atoms with Crippen molar-refractivity contribution in [3.63, 3.8) is 0 Å². The van der Waals surface area contributed by atoms with Crippen molar-refractivity contribution in [3.05, 3.63) is 23.0 Å². The van der Waals surface area contributed by atoms with Crippen molar-refractivity contribution < 1.29 is 8.42 Å². The van der Waals surface area contributed by atoms with Crippen LogP contribution in [0, 0.1) is 0 Å². The molecule has 108 valence electrons. The molecule has 2 N–H and O–H groups in total. The fraction of sp³-hybridized carbons (Fsp3) is 0.364. The second kappa shape index (κ2) is 5.32. The van der Waals surface area contributed by atoms with E-state index >= 15 is 0 Å². The van der Waals surface area contributed by atoms with Crippen LogP contribution in [0.2, 0.25) is 0 Å². The summed E-state index contributed by atoms with van der Waals surface area (Å²) in [5.74, 6) is 0. The van der Waals surface area contributed by atoms with E-state index < -0.39 is 10.0 Å². The Morgan fingerprint density at radius 3 is 2.50 bits per heavy atom. The smallest absolute Gasteiger partial charge is 0.252 e. The molecule has 0 bridgehead atoms. The standard InChI is InChI=1S/C11H14N4O2S3/c12-9-7-10(19-8-9)20(16,17)15-4-2-14(3-5-15)11-13-1-6-18-11/h1,6-8H,2-5,12H2. The Hall–Kier alpha value is -1.16. The zero-order chi connectivity index (χ0) is 14.2. The highest BCUT2D eigenvalue weighted by atomic mass is 32.2. The molecule has 2 aromatic rings. The van der Waals surface area contributed by atoms with Gasteiger partial charge < -0.3 is 10.6 Å². The molecule has 0 atom stereocenters. The first kappa shape index (κ1) is 13.8. The average molecular weight is 330 g/mol. The lowest BCUT2D eigenvalue weighted by molar-refractivity contribution is 0.386. The highest BCUT2D eigenvalue weighted by Crippen LogP contribution is 2.27. The number of nitrogens with zero attached hydrogens (tertiary/aromatic N) is 3. The minimum atomic E-state index is -3.41. The zero-order valence-corrected chi connectivity index (χ0v) is 13.0. The van der Waals surface area contributed by atoms with Gasteiger partial charge in [-0.2, -0.15) is 4.31 Å². The average Bonchev–Trinajstić information content (AvgIpc) is 3.10. The Bertz CT molecular complexity index is 672. The molecule has 1 saturated heterocycles. The van der Waals surface area contributed by atoms with Crippen LogP contribution in [0.15, 0.2) is 27.2 Å². The van der Waals surface area contributed by atoms with Crippen LogP contribution in [-0.2, 0) is 10.0 Å². The summed E-state index contributed by atoms with van der Waals surface area (Å²) in [6.45, 7) is 2.26. The quantitative estimate of drug-likeness (QED) is 0.917.